The maximum atomic E-state index is 15.1. The van der Waals surface area contributed by atoms with Crippen molar-refractivity contribution < 1.29 is 0 Å². The summed E-state index contributed by atoms with van der Waals surface area (Å²) in [5.74, 6) is 1.63. The molecule has 0 spiro atoms. The Hall–Kier alpha value is -7.51. The van der Waals surface area contributed by atoms with Gasteiger partial charge in [-0.1, -0.05) is 145 Å². The van der Waals surface area contributed by atoms with Crippen LogP contribution in [0.15, 0.2) is 161 Å². The Morgan fingerprint density at radius 3 is 1.42 bits per heavy atom. The van der Waals surface area contributed by atoms with E-state index in [1.165, 1.54) is 0 Å². The predicted octanol–water partition coefficient (Wildman–Crippen LogP) is 12.4. The zero-order chi connectivity index (χ0) is 42.7. The van der Waals surface area contributed by atoms with E-state index >= 15 is 9.59 Å². The highest BCUT2D eigenvalue weighted by Crippen LogP contribution is 2.40. The second kappa shape index (κ2) is 13.5. The summed E-state index contributed by atoms with van der Waals surface area (Å²) in [5.41, 5.74) is 8.75. The van der Waals surface area contributed by atoms with Crippen LogP contribution in [0.25, 0.3) is 99.8 Å². The highest BCUT2D eigenvalue weighted by atomic mass is 16.1. The molecule has 300 valence electrons. The molecule has 0 amide bonds. The molecule has 0 aliphatic rings. The molecule has 0 aliphatic heterocycles. The Kier molecular flexibility index (Phi) is 8.16. The predicted molar refractivity (Wildman–Crippen MR) is 255 cm³/mol. The molecule has 0 fully saturated rings. The first-order chi connectivity index (χ1) is 29.8. The van der Waals surface area contributed by atoms with E-state index in [4.69, 9.17) is 15.0 Å². The summed E-state index contributed by atoms with van der Waals surface area (Å²) in [5, 5.41) is 4.21. The molecule has 0 saturated carbocycles. The molecule has 7 nitrogen and oxygen atoms in total. The maximum absolute atomic E-state index is 15.1. The van der Waals surface area contributed by atoms with Crippen LogP contribution in [0.5, 0.6) is 0 Å². The van der Waals surface area contributed by atoms with E-state index in [-0.39, 0.29) is 21.7 Å². The number of nitrogens with zero attached hydrogens (tertiary/aromatic N) is 5. The molecule has 62 heavy (non-hydrogen) atoms. The van der Waals surface area contributed by atoms with Gasteiger partial charge in [-0.25, -0.2) is 15.0 Å². The monoisotopic (exact) mass is 805 g/mol. The second-order valence-corrected chi connectivity index (χ2v) is 18.4. The average molecular weight is 806 g/mol. The van der Waals surface area contributed by atoms with Gasteiger partial charge in [0.05, 0.1) is 27.6 Å². The topological polar surface area (TPSA) is 82.2 Å². The molecular formula is C55H43N5O2. The van der Waals surface area contributed by atoms with Gasteiger partial charge in [0.25, 0.3) is 0 Å². The van der Waals surface area contributed by atoms with Crippen molar-refractivity contribution >= 4 is 59.9 Å². The van der Waals surface area contributed by atoms with Crippen LogP contribution in [0.3, 0.4) is 0 Å². The number of fused-ring (bicyclic) bond motifs is 7. The van der Waals surface area contributed by atoms with Crippen LogP contribution in [0.2, 0.25) is 0 Å². The third-order valence-corrected chi connectivity index (χ3v) is 12.4. The van der Waals surface area contributed by atoms with Gasteiger partial charge in [-0.2, -0.15) is 0 Å². The number of para-hydroxylation sites is 2. The Labute approximate surface area is 358 Å². The van der Waals surface area contributed by atoms with Crippen molar-refractivity contribution in [2.75, 3.05) is 0 Å². The van der Waals surface area contributed by atoms with Crippen LogP contribution in [0.4, 0.5) is 0 Å². The first-order valence-electron chi connectivity index (χ1n) is 21.1. The van der Waals surface area contributed by atoms with Gasteiger partial charge < -0.3 is 8.97 Å². The number of rotatable bonds is 4. The number of pyridine rings is 2. The van der Waals surface area contributed by atoms with Crippen molar-refractivity contribution in [3.05, 3.63) is 183 Å². The van der Waals surface area contributed by atoms with Crippen LogP contribution >= 0.6 is 0 Å². The largest absolute Gasteiger partial charge is 0.308 e. The summed E-state index contributed by atoms with van der Waals surface area (Å²) in [4.78, 5) is 45.6. The number of hydrogen-bond acceptors (Lipinski definition) is 5. The van der Waals surface area contributed by atoms with Gasteiger partial charge in [0, 0.05) is 54.7 Å². The standard InChI is InChI=1S/C55H43N5O2/c1-54(2,3)34-24-26-45-40(28-34)49(61)42-30-36(31-43-48(42)60(45)46-27-25-35(55(4,5)6)29-41(46)50(43)62)59-44-23-14-13-20-37(44)38-21-15-22-39(47(38)59)53-57-51(32-16-9-7-10-17-32)56-52(58-53)33-18-11-8-12-19-33/h7-31H,1-6H3. The molecular weight excluding hydrogens is 763 g/mol. The lowest BCUT2D eigenvalue weighted by molar-refractivity contribution is 0.591. The molecule has 0 radical (unpaired) electrons. The van der Waals surface area contributed by atoms with Gasteiger partial charge in [0.2, 0.25) is 0 Å². The smallest absolute Gasteiger partial charge is 0.197 e. The fourth-order valence-electron chi connectivity index (χ4n) is 9.15. The molecule has 11 aromatic rings. The first kappa shape index (κ1) is 37.5. The minimum Gasteiger partial charge on any atom is -0.308 e. The zero-order valence-electron chi connectivity index (χ0n) is 35.5. The van der Waals surface area contributed by atoms with Gasteiger partial charge in [-0.05, 0) is 70.5 Å². The zero-order valence-corrected chi connectivity index (χ0v) is 35.5. The van der Waals surface area contributed by atoms with Gasteiger partial charge in [0.1, 0.15) is 0 Å². The maximum Gasteiger partial charge on any atom is 0.197 e. The lowest BCUT2D eigenvalue weighted by atomic mass is 9.85. The summed E-state index contributed by atoms with van der Waals surface area (Å²) < 4.78 is 4.32. The van der Waals surface area contributed by atoms with E-state index in [9.17, 15) is 0 Å². The molecule has 4 aromatic heterocycles. The minimum absolute atomic E-state index is 0.110. The molecule has 7 heteroatoms. The number of aromatic nitrogens is 5. The first-order valence-corrected chi connectivity index (χ1v) is 21.1. The third kappa shape index (κ3) is 5.76. The number of benzene rings is 7. The Bertz CT molecular complexity index is 3570. The quantitative estimate of drug-likeness (QED) is 0.131. The molecule has 0 aliphatic carbocycles. The summed E-state index contributed by atoms with van der Waals surface area (Å²) >= 11 is 0. The van der Waals surface area contributed by atoms with E-state index in [0.717, 1.165) is 60.7 Å². The van der Waals surface area contributed by atoms with E-state index < -0.39 is 0 Å². The summed E-state index contributed by atoms with van der Waals surface area (Å²) in [6.45, 7) is 13.0. The second-order valence-electron chi connectivity index (χ2n) is 18.4. The lowest BCUT2D eigenvalue weighted by Crippen LogP contribution is -2.18. The highest BCUT2D eigenvalue weighted by Gasteiger charge is 2.25. The Morgan fingerprint density at radius 1 is 0.403 bits per heavy atom. The van der Waals surface area contributed by atoms with Crippen molar-refractivity contribution in [3.63, 3.8) is 0 Å². The van der Waals surface area contributed by atoms with Crippen LogP contribution in [-0.2, 0) is 10.8 Å². The fraction of sp³-hybridized carbons (Fsp3) is 0.145. The van der Waals surface area contributed by atoms with Gasteiger partial charge in [-0.3, -0.25) is 9.59 Å². The molecule has 0 saturated heterocycles. The molecule has 11 rings (SSSR count). The molecule has 4 heterocycles. The molecule has 0 bridgehead atoms. The van der Waals surface area contributed by atoms with Crippen LogP contribution in [0.1, 0.15) is 52.7 Å². The summed E-state index contributed by atoms with van der Waals surface area (Å²) in [7, 11) is 0. The van der Waals surface area contributed by atoms with Crippen molar-refractivity contribution in [1.82, 2.24) is 23.9 Å². The van der Waals surface area contributed by atoms with Gasteiger partial charge in [0.15, 0.2) is 28.3 Å². The lowest BCUT2D eigenvalue weighted by Gasteiger charge is -2.22. The van der Waals surface area contributed by atoms with Crippen molar-refractivity contribution in [1.29, 1.82) is 0 Å². The summed E-state index contributed by atoms with van der Waals surface area (Å²) in [6, 6.07) is 50.7. The van der Waals surface area contributed by atoms with E-state index in [2.05, 4.69) is 80.8 Å². The summed E-state index contributed by atoms with van der Waals surface area (Å²) in [6.07, 6.45) is 0. The van der Waals surface area contributed by atoms with Gasteiger partial charge in [-0.15, -0.1) is 0 Å². The minimum atomic E-state index is -0.185. The van der Waals surface area contributed by atoms with E-state index in [1.807, 2.05) is 121 Å². The number of hydrogen-bond donors (Lipinski definition) is 0. The van der Waals surface area contributed by atoms with Crippen LogP contribution < -0.4 is 10.9 Å². The molecule has 0 unspecified atom stereocenters. The van der Waals surface area contributed by atoms with Gasteiger partial charge >= 0.3 is 0 Å². The Morgan fingerprint density at radius 2 is 0.887 bits per heavy atom. The third-order valence-electron chi connectivity index (χ3n) is 12.4. The molecule has 7 aromatic carbocycles. The van der Waals surface area contributed by atoms with E-state index in [1.54, 1.807) is 0 Å². The van der Waals surface area contributed by atoms with Crippen molar-refractivity contribution in [2.45, 2.75) is 52.4 Å². The Balaban J connectivity index is 1.29. The van der Waals surface area contributed by atoms with Crippen LogP contribution in [-0.4, -0.2) is 23.9 Å². The van der Waals surface area contributed by atoms with Crippen molar-refractivity contribution in [3.8, 4) is 39.9 Å². The molecule has 0 N–H and O–H groups in total. The van der Waals surface area contributed by atoms with E-state index in [0.29, 0.717) is 50.2 Å². The normalized spacial score (nSPS) is 12.5. The fourth-order valence-corrected chi connectivity index (χ4v) is 9.15. The average Bonchev–Trinajstić information content (AvgIpc) is 3.63. The SMILES string of the molecule is CC(C)(C)c1ccc2c(c1)c(=O)c1cc(-n3c4ccccc4c4cccc(-c5nc(-c6ccccc6)nc(-c6ccccc6)n5)c43)cc3c(=O)c4cc(C(C)(C)C)ccc4n2c13. The molecule has 0 atom stereocenters. The van der Waals surface area contributed by atoms with Crippen molar-refractivity contribution in [2.24, 2.45) is 0 Å². The van der Waals surface area contributed by atoms with Crippen LogP contribution in [0, 0.1) is 0 Å². The highest BCUT2D eigenvalue weighted by molar-refractivity contribution is 6.15.